The monoisotopic (exact) mass is 1090 g/mol. The second kappa shape index (κ2) is 65.3. The summed E-state index contributed by atoms with van der Waals surface area (Å²) in [6, 6.07) is 0. The maximum Gasteiger partial charge on any atom is 0.306 e. The first-order valence-corrected chi connectivity index (χ1v) is 31.6. The van der Waals surface area contributed by atoms with Crippen molar-refractivity contribution in [3.8, 4) is 0 Å². The van der Waals surface area contributed by atoms with Gasteiger partial charge in [0.25, 0.3) is 0 Å². The average molecular weight is 1090 g/mol. The van der Waals surface area contributed by atoms with Crippen LogP contribution in [0.15, 0.2) is 170 Å². The van der Waals surface area contributed by atoms with Crippen molar-refractivity contribution >= 4 is 17.9 Å². The van der Waals surface area contributed by atoms with Gasteiger partial charge in [0.2, 0.25) is 0 Å². The first-order chi connectivity index (χ1) is 39.0. The van der Waals surface area contributed by atoms with E-state index in [0.717, 1.165) is 135 Å². The topological polar surface area (TPSA) is 78.9 Å². The first kappa shape index (κ1) is 73.8. The summed E-state index contributed by atoms with van der Waals surface area (Å²) in [6.07, 6.45) is 96.5. The van der Waals surface area contributed by atoms with Gasteiger partial charge >= 0.3 is 17.9 Å². The number of hydrogen-bond donors (Lipinski definition) is 0. The van der Waals surface area contributed by atoms with Crippen LogP contribution in [-0.4, -0.2) is 37.2 Å². The van der Waals surface area contributed by atoms with Crippen molar-refractivity contribution in [1.29, 1.82) is 0 Å². The van der Waals surface area contributed by atoms with Crippen molar-refractivity contribution in [3.63, 3.8) is 0 Å². The molecule has 79 heavy (non-hydrogen) atoms. The molecule has 0 amide bonds. The summed E-state index contributed by atoms with van der Waals surface area (Å²) in [7, 11) is 0. The van der Waals surface area contributed by atoms with Gasteiger partial charge in [0.1, 0.15) is 13.2 Å². The van der Waals surface area contributed by atoms with E-state index in [4.69, 9.17) is 14.2 Å². The standard InChI is InChI=1S/C73H114O6/c1-4-7-10-13-16-19-22-25-28-31-34-35-36-37-40-42-45-48-51-54-57-60-63-66-72(75)78-69-70(79-73(76)67-64-61-58-55-52-49-46-43-39-33-30-27-24-21-18-15-12-9-6-3)68-77-71(74)65-62-59-56-53-50-47-44-41-38-32-29-26-23-20-17-14-11-8-5-2/h8-9,11-12,17-18,20-22,25-27,29-31,34,36-39,41,43,47,49-50,52,58,61,70H,4-7,10,13-16,19,23-24,28,32-33,35,40,42,44-46,48,51,53-57,59-60,62-69H2,1-3H3/b11-8-,12-9-,20-17-,21-18-,25-22-,29-26-,30-27-,34-31-,37-36-,41-38-,43-39-,50-47-,52-49-,61-58-. The highest BCUT2D eigenvalue weighted by Crippen LogP contribution is 2.13. The second-order valence-electron chi connectivity index (χ2n) is 20.2. The molecule has 0 N–H and O–H groups in total. The van der Waals surface area contributed by atoms with Crippen LogP contribution in [0.1, 0.15) is 252 Å². The molecule has 0 saturated heterocycles. The van der Waals surface area contributed by atoms with Gasteiger partial charge in [0, 0.05) is 19.3 Å². The van der Waals surface area contributed by atoms with Crippen LogP contribution in [-0.2, 0) is 28.6 Å². The number of hydrogen-bond acceptors (Lipinski definition) is 6. The van der Waals surface area contributed by atoms with Crippen LogP contribution >= 0.6 is 0 Å². The lowest BCUT2D eigenvalue weighted by molar-refractivity contribution is -0.166. The number of carbonyl (C=O) groups excluding carboxylic acids is 3. The van der Waals surface area contributed by atoms with E-state index < -0.39 is 12.1 Å². The van der Waals surface area contributed by atoms with Gasteiger partial charge in [-0.2, -0.15) is 0 Å². The maximum absolute atomic E-state index is 12.9. The SMILES string of the molecule is CC/C=C\C/C=C\C/C=C\C/C=C\C/C=C\C/C=C\CCC(=O)OC(COC(=O)CCCCC/C=C\C/C=C\C/C=C\C/C=C\C/C=C\CC)COC(=O)CCCCCCCCCC/C=C\C/C=C\C/C=C\CCCCCCC. The number of rotatable bonds is 55. The first-order valence-electron chi connectivity index (χ1n) is 31.6. The Labute approximate surface area is 485 Å². The molecule has 442 valence electrons. The fourth-order valence-corrected chi connectivity index (χ4v) is 8.03. The molecule has 0 heterocycles. The molecule has 0 rings (SSSR count). The molecule has 1 atom stereocenters. The van der Waals surface area contributed by atoms with E-state index >= 15 is 0 Å². The number of allylic oxidation sites excluding steroid dienone is 28. The van der Waals surface area contributed by atoms with E-state index in [1.807, 2.05) is 12.2 Å². The minimum absolute atomic E-state index is 0.131. The Hall–Kier alpha value is -5.23. The summed E-state index contributed by atoms with van der Waals surface area (Å²) in [4.78, 5) is 38.3. The predicted octanol–water partition coefficient (Wildman–Crippen LogP) is 21.9. The molecule has 6 heteroatoms. The van der Waals surface area contributed by atoms with E-state index in [-0.39, 0.29) is 31.6 Å². The molecule has 0 aliphatic heterocycles. The van der Waals surface area contributed by atoms with Crippen molar-refractivity contribution < 1.29 is 28.6 Å². The molecule has 0 aromatic rings. The molecule has 0 aromatic carbocycles. The van der Waals surface area contributed by atoms with Gasteiger partial charge in [0.15, 0.2) is 6.10 Å². The molecule has 0 spiro atoms. The molecule has 0 bridgehead atoms. The summed E-state index contributed by atoms with van der Waals surface area (Å²) >= 11 is 0. The zero-order valence-electron chi connectivity index (χ0n) is 50.6. The van der Waals surface area contributed by atoms with Crippen LogP contribution in [0.2, 0.25) is 0 Å². The van der Waals surface area contributed by atoms with E-state index in [1.54, 1.807) is 0 Å². The lowest BCUT2D eigenvalue weighted by Gasteiger charge is -2.18. The lowest BCUT2D eigenvalue weighted by atomic mass is 10.1. The Balaban J connectivity index is 4.58. The predicted molar refractivity (Wildman–Crippen MR) is 343 cm³/mol. The van der Waals surface area contributed by atoms with Crippen molar-refractivity contribution in [3.05, 3.63) is 170 Å². The van der Waals surface area contributed by atoms with Crippen molar-refractivity contribution in [2.24, 2.45) is 0 Å². The third kappa shape index (κ3) is 63.5. The highest BCUT2D eigenvalue weighted by molar-refractivity contribution is 5.71. The third-order valence-electron chi connectivity index (χ3n) is 12.7. The van der Waals surface area contributed by atoms with Crippen LogP contribution in [0.3, 0.4) is 0 Å². The zero-order valence-corrected chi connectivity index (χ0v) is 50.6. The molecule has 0 saturated carbocycles. The number of ether oxygens (including phenoxy) is 3. The minimum Gasteiger partial charge on any atom is -0.462 e. The van der Waals surface area contributed by atoms with Gasteiger partial charge in [-0.1, -0.05) is 262 Å². The zero-order chi connectivity index (χ0) is 57.1. The fraction of sp³-hybridized carbons (Fsp3) is 0.575. The van der Waals surface area contributed by atoms with Gasteiger partial charge in [-0.05, 0) is 141 Å². The number of esters is 3. The summed E-state index contributed by atoms with van der Waals surface area (Å²) in [5, 5.41) is 0. The lowest BCUT2D eigenvalue weighted by Crippen LogP contribution is -2.30. The number of unbranched alkanes of at least 4 members (excludes halogenated alkanes) is 16. The molecule has 0 aliphatic rings. The van der Waals surface area contributed by atoms with E-state index in [0.29, 0.717) is 19.3 Å². The maximum atomic E-state index is 12.9. The molecule has 6 nitrogen and oxygen atoms in total. The Morgan fingerprint density at radius 2 is 0.519 bits per heavy atom. The molecular weight excluding hydrogens is 973 g/mol. The van der Waals surface area contributed by atoms with E-state index in [2.05, 4.69) is 179 Å². The highest BCUT2D eigenvalue weighted by atomic mass is 16.6. The molecule has 0 radical (unpaired) electrons. The number of carbonyl (C=O) groups is 3. The van der Waals surface area contributed by atoms with Crippen molar-refractivity contribution in [2.75, 3.05) is 13.2 Å². The largest absolute Gasteiger partial charge is 0.462 e. The van der Waals surface area contributed by atoms with Crippen LogP contribution in [0, 0.1) is 0 Å². The highest BCUT2D eigenvalue weighted by Gasteiger charge is 2.19. The molecule has 0 aromatic heterocycles. The summed E-state index contributed by atoms with van der Waals surface area (Å²) < 4.78 is 16.8. The third-order valence-corrected chi connectivity index (χ3v) is 12.7. The van der Waals surface area contributed by atoms with Crippen molar-refractivity contribution in [2.45, 2.75) is 258 Å². The molecular formula is C73H114O6. The smallest absolute Gasteiger partial charge is 0.306 e. The van der Waals surface area contributed by atoms with Gasteiger partial charge in [-0.25, -0.2) is 0 Å². The Kier molecular flexibility index (Phi) is 61.0. The van der Waals surface area contributed by atoms with Gasteiger partial charge in [0.05, 0.1) is 0 Å². The minimum atomic E-state index is -0.847. The molecule has 1 unspecified atom stereocenters. The average Bonchev–Trinajstić information content (AvgIpc) is 3.45. The fourth-order valence-electron chi connectivity index (χ4n) is 8.03. The molecule has 0 fully saturated rings. The van der Waals surface area contributed by atoms with E-state index in [1.165, 1.54) is 70.6 Å². The van der Waals surface area contributed by atoms with Crippen LogP contribution < -0.4 is 0 Å². The van der Waals surface area contributed by atoms with Crippen LogP contribution in [0.25, 0.3) is 0 Å². The summed E-state index contributed by atoms with van der Waals surface area (Å²) in [6.45, 7) is 6.30. The van der Waals surface area contributed by atoms with Crippen LogP contribution in [0.5, 0.6) is 0 Å². The second-order valence-corrected chi connectivity index (χ2v) is 20.2. The Morgan fingerprint density at radius 3 is 0.835 bits per heavy atom. The van der Waals surface area contributed by atoms with Crippen molar-refractivity contribution in [1.82, 2.24) is 0 Å². The van der Waals surface area contributed by atoms with Gasteiger partial charge in [-0.3, -0.25) is 14.4 Å². The Bertz CT molecular complexity index is 1820. The molecule has 0 aliphatic carbocycles. The summed E-state index contributed by atoms with van der Waals surface area (Å²) in [5.41, 5.74) is 0. The van der Waals surface area contributed by atoms with Gasteiger partial charge in [-0.15, -0.1) is 0 Å². The Morgan fingerprint density at radius 1 is 0.266 bits per heavy atom. The normalized spacial score (nSPS) is 13.3. The van der Waals surface area contributed by atoms with Crippen LogP contribution in [0.4, 0.5) is 0 Å². The summed E-state index contributed by atoms with van der Waals surface area (Å²) in [5.74, 6) is -1.06. The quantitative estimate of drug-likeness (QED) is 0.0261. The van der Waals surface area contributed by atoms with Gasteiger partial charge < -0.3 is 14.2 Å². The van der Waals surface area contributed by atoms with E-state index in [9.17, 15) is 14.4 Å².